The van der Waals surface area contributed by atoms with Crippen LogP contribution < -0.4 is 15.0 Å². The van der Waals surface area contributed by atoms with Crippen molar-refractivity contribution in [2.75, 3.05) is 29.9 Å². The van der Waals surface area contributed by atoms with Gasteiger partial charge in [0.1, 0.15) is 11.6 Å². The minimum Gasteiger partial charge on any atom is -0.482 e. The van der Waals surface area contributed by atoms with E-state index in [1.165, 1.54) is 0 Å². The number of benzene rings is 2. The zero-order valence-electron chi connectivity index (χ0n) is 14.9. The average Bonchev–Trinajstić information content (AvgIpc) is 2.72. The van der Waals surface area contributed by atoms with Gasteiger partial charge in [0, 0.05) is 18.5 Å². The van der Waals surface area contributed by atoms with E-state index in [0.29, 0.717) is 42.0 Å². The fourth-order valence-electron chi connectivity index (χ4n) is 3.17. The summed E-state index contributed by atoms with van der Waals surface area (Å²) >= 11 is 0. The van der Waals surface area contributed by atoms with E-state index in [1.807, 2.05) is 30.3 Å². The molecule has 28 heavy (non-hydrogen) atoms. The van der Waals surface area contributed by atoms with Gasteiger partial charge >= 0.3 is 0 Å². The molecule has 0 aliphatic carbocycles. The highest BCUT2D eigenvalue weighted by Gasteiger charge is 2.24. The molecule has 0 spiro atoms. The summed E-state index contributed by atoms with van der Waals surface area (Å²) in [6.07, 6.45) is -2.13. The minimum absolute atomic E-state index is 0.0126. The monoisotopic (exact) mass is 384 g/mol. The second-order valence-electron chi connectivity index (χ2n) is 6.33. The molecule has 0 radical (unpaired) electrons. The maximum atomic E-state index is 13.1. The molecule has 1 N–H and O–H groups in total. The van der Waals surface area contributed by atoms with E-state index in [-0.39, 0.29) is 12.5 Å². The Morgan fingerprint density at radius 2 is 1.89 bits per heavy atom. The Kier molecular flexibility index (Phi) is 5.01. The second-order valence-corrected chi connectivity index (χ2v) is 6.33. The van der Waals surface area contributed by atoms with Crippen LogP contribution in [0.5, 0.6) is 5.75 Å². The highest BCUT2D eigenvalue weighted by atomic mass is 19.3. The first-order valence-electron chi connectivity index (χ1n) is 8.94. The van der Waals surface area contributed by atoms with Gasteiger partial charge in [0.2, 0.25) is 0 Å². The van der Waals surface area contributed by atoms with Crippen molar-refractivity contribution < 1.29 is 18.3 Å². The number of rotatable bonds is 6. The van der Waals surface area contributed by atoms with Gasteiger partial charge in [-0.25, -0.2) is 18.7 Å². The van der Waals surface area contributed by atoms with Gasteiger partial charge in [-0.3, -0.25) is 4.79 Å². The van der Waals surface area contributed by atoms with Crippen molar-refractivity contribution in [3.8, 4) is 5.75 Å². The van der Waals surface area contributed by atoms with Crippen LogP contribution in [-0.4, -0.2) is 35.6 Å². The van der Waals surface area contributed by atoms with Crippen LogP contribution in [0.2, 0.25) is 0 Å². The van der Waals surface area contributed by atoms with Crippen LogP contribution in [0.15, 0.2) is 48.5 Å². The maximum Gasteiger partial charge on any atom is 0.297 e. The third kappa shape index (κ3) is 3.58. The molecule has 1 aliphatic rings. The number of fused-ring (bicyclic) bond motifs is 2. The molecule has 2 aromatic carbocycles. The molecule has 1 aromatic heterocycles. The van der Waals surface area contributed by atoms with E-state index < -0.39 is 12.2 Å². The molecule has 144 valence electrons. The zero-order chi connectivity index (χ0) is 19.5. The summed E-state index contributed by atoms with van der Waals surface area (Å²) in [7, 11) is 0. The van der Waals surface area contributed by atoms with Gasteiger partial charge in [0.25, 0.3) is 12.3 Å². The first kappa shape index (κ1) is 18.1. The number of ether oxygens (including phenoxy) is 1. The van der Waals surface area contributed by atoms with E-state index in [0.717, 1.165) is 5.69 Å². The van der Waals surface area contributed by atoms with E-state index >= 15 is 0 Å². The molecule has 4 rings (SSSR count). The first-order chi connectivity index (χ1) is 13.6. The van der Waals surface area contributed by atoms with Gasteiger partial charge in [0.05, 0.1) is 11.2 Å². The fraction of sp³-hybridized carbons (Fsp3) is 0.250. The summed E-state index contributed by atoms with van der Waals surface area (Å²) in [6.45, 7) is 0.964. The number of hydrogen-bond donors (Lipinski definition) is 1. The van der Waals surface area contributed by atoms with Gasteiger partial charge in [-0.15, -0.1) is 0 Å². The van der Waals surface area contributed by atoms with Gasteiger partial charge < -0.3 is 15.0 Å². The van der Waals surface area contributed by atoms with Crippen molar-refractivity contribution in [3.05, 3.63) is 54.4 Å². The molecule has 0 saturated heterocycles. The van der Waals surface area contributed by atoms with Crippen LogP contribution in [0.25, 0.3) is 10.9 Å². The Labute approximate surface area is 160 Å². The SMILES string of the molecule is O=C1COc2ccccc2N1CCCNc1nc(C(F)F)nc2ccccc12. The molecular weight excluding hydrogens is 366 g/mol. The van der Waals surface area contributed by atoms with Gasteiger partial charge in [0.15, 0.2) is 12.4 Å². The van der Waals surface area contributed by atoms with Crippen LogP contribution in [-0.2, 0) is 4.79 Å². The molecule has 6 nitrogen and oxygen atoms in total. The highest BCUT2D eigenvalue weighted by Crippen LogP contribution is 2.31. The molecule has 3 aromatic rings. The molecule has 0 fully saturated rings. The van der Waals surface area contributed by atoms with Crippen molar-refractivity contribution in [2.45, 2.75) is 12.8 Å². The molecule has 2 heterocycles. The molecule has 0 atom stereocenters. The third-order valence-corrected chi connectivity index (χ3v) is 4.47. The van der Waals surface area contributed by atoms with Crippen LogP contribution in [0.1, 0.15) is 18.7 Å². The van der Waals surface area contributed by atoms with Crippen molar-refractivity contribution in [1.82, 2.24) is 9.97 Å². The summed E-state index contributed by atoms with van der Waals surface area (Å²) in [5.74, 6) is 0.442. The lowest BCUT2D eigenvalue weighted by molar-refractivity contribution is -0.121. The van der Waals surface area contributed by atoms with Crippen molar-refractivity contribution in [1.29, 1.82) is 0 Å². The van der Waals surface area contributed by atoms with E-state index in [4.69, 9.17) is 4.74 Å². The zero-order valence-corrected chi connectivity index (χ0v) is 14.9. The highest BCUT2D eigenvalue weighted by molar-refractivity contribution is 5.97. The summed E-state index contributed by atoms with van der Waals surface area (Å²) in [5.41, 5.74) is 1.21. The fourth-order valence-corrected chi connectivity index (χ4v) is 3.17. The Bertz CT molecular complexity index is 1010. The normalized spacial score (nSPS) is 13.5. The summed E-state index contributed by atoms with van der Waals surface area (Å²) in [5, 5.41) is 3.79. The predicted molar refractivity (Wildman–Crippen MR) is 102 cm³/mol. The van der Waals surface area contributed by atoms with E-state index in [1.54, 1.807) is 23.1 Å². The van der Waals surface area contributed by atoms with Gasteiger partial charge in [-0.05, 0) is 30.7 Å². The minimum atomic E-state index is -2.74. The Balaban J connectivity index is 1.46. The van der Waals surface area contributed by atoms with E-state index in [9.17, 15) is 13.6 Å². The van der Waals surface area contributed by atoms with Crippen LogP contribution >= 0.6 is 0 Å². The van der Waals surface area contributed by atoms with Crippen molar-refractivity contribution in [3.63, 3.8) is 0 Å². The maximum absolute atomic E-state index is 13.1. The first-order valence-corrected chi connectivity index (χ1v) is 8.94. The number of anilines is 2. The molecule has 0 saturated carbocycles. The number of carbonyl (C=O) groups is 1. The van der Waals surface area contributed by atoms with E-state index in [2.05, 4.69) is 15.3 Å². The molecule has 1 aliphatic heterocycles. The number of hydrogen-bond acceptors (Lipinski definition) is 5. The van der Waals surface area contributed by atoms with Crippen LogP contribution in [0.4, 0.5) is 20.3 Å². The number of carbonyl (C=O) groups excluding carboxylic acids is 1. The third-order valence-electron chi connectivity index (χ3n) is 4.47. The average molecular weight is 384 g/mol. The lowest BCUT2D eigenvalue weighted by Gasteiger charge is -2.29. The quantitative estimate of drug-likeness (QED) is 0.655. The van der Waals surface area contributed by atoms with Crippen molar-refractivity contribution >= 4 is 28.3 Å². The molecular formula is C20H18F2N4O2. The number of para-hydroxylation sites is 3. The van der Waals surface area contributed by atoms with Crippen LogP contribution in [0, 0.1) is 0 Å². The largest absolute Gasteiger partial charge is 0.482 e. The topological polar surface area (TPSA) is 67.3 Å². The smallest absolute Gasteiger partial charge is 0.297 e. The summed E-state index contributed by atoms with van der Waals surface area (Å²) in [6, 6.07) is 14.4. The summed E-state index contributed by atoms with van der Waals surface area (Å²) < 4.78 is 31.6. The van der Waals surface area contributed by atoms with Gasteiger partial charge in [-0.1, -0.05) is 24.3 Å². The number of nitrogens with zero attached hydrogens (tertiary/aromatic N) is 3. The lowest BCUT2D eigenvalue weighted by Crippen LogP contribution is -2.39. The number of halogens is 2. The second kappa shape index (κ2) is 7.75. The van der Waals surface area contributed by atoms with Crippen molar-refractivity contribution in [2.24, 2.45) is 0 Å². The number of amides is 1. The number of aromatic nitrogens is 2. The standard InChI is InChI=1S/C20H18F2N4O2/c21-18(22)20-24-14-7-2-1-6-13(14)19(25-20)23-10-5-11-26-15-8-3-4-9-16(15)28-12-17(26)27/h1-4,6-9,18H,5,10-12H2,(H,23,24,25). The summed E-state index contributed by atoms with van der Waals surface area (Å²) in [4.78, 5) is 21.7. The van der Waals surface area contributed by atoms with Crippen LogP contribution in [0.3, 0.4) is 0 Å². The molecule has 0 bridgehead atoms. The molecule has 0 unspecified atom stereocenters. The number of alkyl halides is 2. The Morgan fingerprint density at radius 1 is 1.11 bits per heavy atom. The van der Waals surface area contributed by atoms with Gasteiger partial charge in [-0.2, -0.15) is 0 Å². The predicted octanol–water partition coefficient (Wildman–Crippen LogP) is 3.80. The molecule has 8 heteroatoms. The number of nitrogens with one attached hydrogen (secondary N) is 1. The Morgan fingerprint density at radius 3 is 2.75 bits per heavy atom. The lowest BCUT2D eigenvalue weighted by atomic mass is 10.2. The molecule has 1 amide bonds. The Hall–Kier alpha value is -3.29.